The van der Waals surface area contributed by atoms with Crippen molar-refractivity contribution in [3.05, 3.63) is 0 Å². The van der Waals surface area contributed by atoms with Crippen LogP contribution in [0.2, 0.25) is 0 Å². The first kappa shape index (κ1) is 24.5. The van der Waals surface area contributed by atoms with Crippen molar-refractivity contribution in [2.24, 2.45) is 11.8 Å². The second-order valence-corrected chi connectivity index (χ2v) is 8.56. The summed E-state index contributed by atoms with van der Waals surface area (Å²) in [5.41, 5.74) is 0. The summed E-state index contributed by atoms with van der Waals surface area (Å²) in [6.07, 6.45) is 5.94. The number of nitrogens with zero attached hydrogens (tertiary/aromatic N) is 1. The zero-order valence-electron chi connectivity index (χ0n) is 17.1. The number of rotatable bonds is 11. The number of carbonyl (C=O) groups excluding carboxylic acids is 5. The summed E-state index contributed by atoms with van der Waals surface area (Å²) in [4.78, 5) is 62.9. The highest BCUT2D eigenvalue weighted by Gasteiger charge is 2.32. The predicted molar refractivity (Wildman–Crippen MR) is 116 cm³/mol. The molecular weight excluding hydrogens is 505 g/mol. The molecule has 1 saturated carbocycles. The maximum atomic E-state index is 12.3. The fourth-order valence-corrected chi connectivity index (χ4v) is 3.94. The normalized spacial score (nSPS) is 21.4. The highest BCUT2D eigenvalue weighted by Crippen LogP contribution is 2.28. The molecule has 10 heteroatoms. The number of amides is 4. The van der Waals surface area contributed by atoms with Crippen molar-refractivity contribution in [2.75, 3.05) is 17.5 Å². The van der Waals surface area contributed by atoms with Crippen molar-refractivity contribution >= 4 is 52.2 Å². The van der Waals surface area contributed by atoms with E-state index in [9.17, 15) is 24.0 Å². The molecule has 1 saturated heterocycles. The minimum absolute atomic E-state index is 0.0343. The second-order valence-electron chi connectivity index (χ2n) is 7.80. The fraction of sp³-hybridized carbons (Fsp3) is 0.750. The molecule has 30 heavy (non-hydrogen) atoms. The van der Waals surface area contributed by atoms with Gasteiger partial charge in [-0.25, -0.2) is 4.79 Å². The molecule has 168 valence electrons. The molecule has 0 aromatic rings. The molecule has 0 aromatic heterocycles. The molecule has 2 aliphatic rings. The number of imide groups is 1. The molecule has 1 aliphatic heterocycles. The van der Waals surface area contributed by atoms with Crippen molar-refractivity contribution in [1.29, 1.82) is 0 Å². The van der Waals surface area contributed by atoms with Crippen molar-refractivity contribution in [3.63, 3.8) is 0 Å². The fourth-order valence-electron chi connectivity index (χ4n) is 3.67. The summed E-state index contributed by atoms with van der Waals surface area (Å²) in [5, 5.41) is 6.44. The third kappa shape index (κ3) is 8.19. The zero-order chi connectivity index (χ0) is 21.9. The molecule has 2 fully saturated rings. The Kier molecular flexibility index (Phi) is 10.5. The number of nitrogens with one attached hydrogen (secondary N) is 2. The van der Waals surface area contributed by atoms with E-state index in [0.29, 0.717) is 34.9 Å². The summed E-state index contributed by atoms with van der Waals surface area (Å²) >= 11 is 2.04. The Bertz CT molecular complexity index is 632. The van der Waals surface area contributed by atoms with Crippen LogP contribution in [-0.4, -0.2) is 52.2 Å². The highest BCUT2D eigenvalue weighted by atomic mass is 127. The van der Waals surface area contributed by atoms with Crippen LogP contribution in [0.3, 0.4) is 0 Å². The molecule has 2 N–H and O–H groups in total. The van der Waals surface area contributed by atoms with Gasteiger partial charge in [-0.05, 0) is 44.4 Å². The van der Waals surface area contributed by atoms with Crippen molar-refractivity contribution in [2.45, 2.75) is 64.2 Å². The van der Waals surface area contributed by atoms with Crippen LogP contribution >= 0.6 is 22.6 Å². The Morgan fingerprint density at radius 2 is 1.63 bits per heavy atom. The lowest BCUT2D eigenvalue weighted by molar-refractivity contribution is -0.197. The van der Waals surface area contributed by atoms with Crippen LogP contribution in [0, 0.1) is 11.8 Å². The lowest BCUT2D eigenvalue weighted by Crippen LogP contribution is -2.36. The predicted octanol–water partition coefficient (Wildman–Crippen LogP) is 1.63. The largest absolute Gasteiger partial charge is 0.356 e. The molecule has 0 spiro atoms. The monoisotopic (exact) mass is 535 g/mol. The van der Waals surface area contributed by atoms with Gasteiger partial charge in [0, 0.05) is 38.3 Å². The first-order chi connectivity index (χ1) is 14.4. The lowest BCUT2D eigenvalue weighted by atomic mass is 9.81. The standard InChI is InChI=1S/C20H30IN3O6/c21-12-16(25)23-13-14-5-7-15(8-6-14)20(29)22-11-3-1-2-4-19(28)30-24-17(26)9-10-18(24)27/h14-15H,1-13H2,(H,22,29)(H,23,25). The van der Waals surface area contributed by atoms with Crippen LogP contribution < -0.4 is 10.6 Å². The van der Waals surface area contributed by atoms with E-state index in [2.05, 4.69) is 10.6 Å². The number of unbranched alkanes of at least 4 members (excludes halogenated alkanes) is 2. The van der Waals surface area contributed by atoms with Gasteiger partial charge in [0.1, 0.15) is 0 Å². The van der Waals surface area contributed by atoms with E-state index in [1.807, 2.05) is 22.6 Å². The number of hydrogen-bond donors (Lipinski definition) is 2. The highest BCUT2D eigenvalue weighted by molar-refractivity contribution is 14.1. The molecule has 0 bridgehead atoms. The zero-order valence-corrected chi connectivity index (χ0v) is 19.3. The topological polar surface area (TPSA) is 122 Å². The van der Waals surface area contributed by atoms with Gasteiger partial charge in [0.2, 0.25) is 11.8 Å². The minimum atomic E-state index is -0.589. The van der Waals surface area contributed by atoms with Crippen LogP contribution in [0.15, 0.2) is 0 Å². The van der Waals surface area contributed by atoms with Crippen molar-refractivity contribution in [3.8, 4) is 0 Å². The van der Waals surface area contributed by atoms with Crippen LogP contribution in [0.1, 0.15) is 64.2 Å². The lowest BCUT2D eigenvalue weighted by Gasteiger charge is -2.27. The first-order valence-corrected chi connectivity index (χ1v) is 12.1. The van der Waals surface area contributed by atoms with Crippen LogP contribution in [0.5, 0.6) is 0 Å². The third-order valence-electron chi connectivity index (χ3n) is 5.48. The molecular formula is C20H30IN3O6. The third-order valence-corrected chi connectivity index (χ3v) is 6.18. The van der Waals surface area contributed by atoms with Gasteiger partial charge in [-0.2, -0.15) is 0 Å². The second kappa shape index (κ2) is 12.9. The Hall–Kier alpha value is -1.72. The van der Waals surface area contributed by atoms with Crippen molar-refractivity contribution in [1.82, 2.24) is 15.7 Å². The van der Waals surface area contributed by atoms with E-state index in [-0.39, 0.29) is 37.0 Å². The van der Waals surface area contributed by atoms with E-state index < -0.39 is 17.8 Å². The minimum Gasteiger partial charge on any atom is -0.356 e. The maximum Gasteiger partial charge on any atom is 0.333 e. The smallest absolute Gasteiger partial charge is 0.333 e. The quantitative estimate of drug-likeness (QED) is 0.180. The van der Waals surface area contributed by atoms with Crippen LogP contribution in [-0.2, 0) is 28.8 Å². The molecule has 1 heterocycles. The number of hydroxylamine groups is 2. The summed E-state index contributed by atoms with van der Waals surface area (Å²) in [6, 6.07) is 0. The Balaban J connectivity index is 1.49. The average Bonchev–Trinajstić information content (AvgIpc) is 3.06. The Morgan fingerprint density at radius 3 is 2.27 bits per heavy atom. The van der Waals surface area contributed by atoms with Crippen LogP contribution in [0.25, 0.3) is 0 Å². The van der Waals surface area contributed by atoms with Gasteiger partial charge in [0.25, 0.3) is 11.8 Å². The van der Waals surface area contributed by atoms with Gasteiger partial charge in [-0.3, -0.25) is 19.2 Å². The molecule has 4 amide bonds. The van der Waals surface area contributed by atoms with E-state index in [1.165, 1.54) is 0 Å². The molecule has 0 atom stereocenters. The number of carbonyl (C=O) groups is 5. The Labute approximate surface area is 190 Å². The maximum absolute atomic E-state index is 12.3. The van der Waals surface area contributed by atoms with Gasteiger partial charge in [0.05, 0.1) is 4.43 Å². The molecule has 9 nitrogen and oxygen atoms in total. The summed E-state index contributed by atoms with van der Waals surface area (Å²) in [5.74, 6) is -0.920. The van der Waals surface area contributed by atoms with Gasteiger partial charge in [-0.15, -0.1) is 5.06 Å². The van der Waals surface area contributed by atoms with E-state index in [0.717, 1.165) is 38.5 Å². The number of hydrogen-bond acceptors (Lipinski definition) is 6. The van der Waals surface area contributed by atoms with Gasteiger partial charge in [-0.1, -0.05) is 29.0 Å². The average molecular weight is 535 g/mol. The molecule has 0 unspecified atom stereocenters. The van der Waals surface area contributed by atoms with Gasteiger partial charge in [0.15, 0.2) is 0 Å². The molecule has 0 aromatic carbocycles. The molecule has 2 rings (SSSR count). The van der Waals surface area contributed by atoms with E-state index in [4.69, 9.17) is 4.84 Å². The Morgan fingerprint density at radius 1 is 0.967 bits per heavy atom. The van der Waals surface area contributed by atoms with Crippen molar-refractivity contribution < 1.29 is 28.8 Å². The van der Waals surface area contributed by atoms with Crippen LogP contribution in [0.4, 0.5) is 0 Å². The summed E-state index contributed by atoms with van der Waals surface area (Å²) in [6.45, 7) is 1.25. The van der Waals surface area contributed by atoms with Gasteiger partial charge >= 0.3 is 5.97 Å². The number of halogens is 1. The van der Waals surface area contributed by atoms with E-state index in [1.54, 1.807) is 0 Å². The SMILES string of the molecule is O=C(CI)NCC1CCC(C(=O)NCCCCCC(=O)ON2C(=O)CCC2=O)CC1. The van der Waals surface area contributed by atoms with E-state index >= 15 is 0 Å². The molecule has 0 radical (unpaired) electrons. The molecule has 1 aliphatic carbocycles. The summed E-state index contributed by atoms with van der Waals surface area (Å²) < 4.78 is 0.467. The summed E-state index contributed by atoms with van der Waals surface area (Å²) in [7, 11) is 0. The number of alkyl halides is 1. The first-order valence-electron chi connectivity index (χ1n) is 10.6. The van der Waals surface area contributed by atoms with Gasteiger partial charge < -0.3 is 15.5 Å².